The molecule has 18 nitrogen and oxygen atoms in total. The monoisotopic (exact) mass is 1060 g/mol. The molecule has 77 heavy (non-hydrogen) atoms. The molecule has 2 fully saturated rings. The molecule has 0 bridgehead atoms. The molecule has 10 atom stereocenters. The number of nitrogens with one attached hydrogen (secondary N) is 8. The maximum Gasteiger partial charge on any atom is 0.251 e. The number of likely N-dealkylation sites (N-methyl/N-ethyl adjacent to an activating group) is 2. The summed E-state index contributed by atoms with van der Waals surface area (Å²) in [5, 5.41) is 23.4. The molecule has 3 aromatic rings. The Balaban J connectivity index is 1.08. The van der Waals surface area contributed by atoms with Crippen LogP contribution in [0.3, 0.4) is 0 Å². The molecule has 3 aromatic carbocycles. The van der Waals surface area contributed by atoms with Crippen molar-refractivity contribution in [3.05, 3.63) is 118 Å². The van der Waals surface area contributed by atoms with Crippen LogP contribution in [0.25, 0.3) is 0 Å². The van der Waals surface area contributed by atoms with Gasteiger partial charge in [0.25, 0.3) is 11.8 Å². The number of hydrogen-bond acceptors (Lipinski definition) is 10. The van der Waals surface area contributed by atoms with Crippen LogP contribution in [0.4, 0.5) is 8.78 Å². The van der Waals surface area contributed by atoms with Gasteiger partial charge in [0.05, 0.1) is 24.2 Å². The number of hydrogen-bond donors (Lipinski definition) is 8. The number of fused-ring (bicyclic) bond motifs is 2. The highest BCUT2D eigenvalue weighted by molar-refractivity contribution is 6.01. The predicted molar refractivity (Wildman–Crippen MR) is 285 cm³/mol. The van der Waals surface area contributed by atoms with Crippen LogP contribution in [0.15, 0.2) is 72.8 Å². The summed E-state index contributed by atoms with van der Waals surface area (Å²) in [6, 6.07) is 6.80. The molecule has 8 amide bonds. The number of likely N-dealkylation sites (tertiary alicyclic amines) is 2. The second-order valence-electron chi connectivity index (χ2n) is 22.1. The first-order chi connectivity index (χ1) is 36.5. The highest BCUT2D eigenvalue weighted by atomic mass is 19.1. The van der Waals surface area contributed by atoms with E-state index in [1.54, 1.807) is 67.8 Å². The Morgan fingerprint density at radius 2 is 1.06 bits per heavy atom. The Morgan fingerprint density at radius 1 is 0.623 bits per heavy atom. The molecule has 8 N–H and O–H groups in total. The van der Waals surface area contributed by atoms with Gasteiger partial charge in [0.15, 0.2) is 0 Å². The number of halogens is 2. The fourth-order valence-electron chi connectivity index (χ4n) is 10.8. The third-order valence-corrected chi connectivity index (χ3v) is 15.4. The maximum absolute atomic E-state index is 14.7. The van der Waals surface area contributed by atoms with Crippen molar-refractivity contribution in [1.82, 2.24) is 52.3 Å². The molecular formula is C57H74F2N10O8. The summed E-state index contributed by atoms with van der Waals surface area (Å²) in [6.45, 7) is 14.1. The Hall–Kier alpha value is -7.06. The van der Waals surface area contributed by atoms with Crippen LogP contribution in [0.1, 0.15) is 135 Å². The van der Waals surface area contributed by atoms with E-state index in [0.717, 1.165) is 22.3 Å². The molecule has 4 aliphatic rings. The Bertz CT molecular complexity index is 2780. The molecule has 2 saturated heterocycles. The lowest BCUT2D eigenvalue weighted by atomic mass is 9.85. The van der Waals surface area contributed by atoms with Crippen LogP contribution in [0, 0.1) is 17.0 Å². The van der Waals surface area contributed by atoms with Gasteiger partial charge in [-0.15, -0.1) is 0 Å². The normalized spacial score (nSPS) is 22.5. The van der Waals surface area contributed by atoms with Gasteiger partial charge in [-0.05, 0) is 162 Å². The van der Waals surface area contributed by atoms with Crippen molar-refractivity contribution in [2.24, 2.45) is 5.41 Å². The van der Waals surface area contributed by atoms with E-state index >= 15 is 0 Å². The second-order valence-corrected chi connectivity index (χ2v) is 22.1. The predicted octanol–water partition coefficient (Wildman–Crippen LogP) is 3.56. The Labute approximate surface area is 449 Å². The van der Waals surface area contributed by atoms with Crippen molar-refractivity contribution in [1.29, 1.82) is 0 Å². The van der Waals surface area contributed by atoms with E-state index < -0.39 is 113 Å². The average Bonchev–Trinajstić information content (AvgIpc) is 4.04. The summed E-state index contributed by atoms with van der Waals surface area (Å²) in [5.41, 5.74) is 2.87. The van der Waals surface area contributed by atoms with Crippen LogP contribution >= 0.6 is 0 Å². The van der Waals surface area contributed by atoms with Gasteiger partial charge in [-0.1, -0.05) is 45.5 Å². The van der Waals surface area contributed by atoms with Crippen LogP contribution in [-0.4, -0.2) is 133 Å². The zero-order chi connectivity index (χ0) is 56.0. The van der Waals surface area contributed by atoms with Gasteiger partial charge >= 0.3 is 0 Å². The maximum atomic E-state index is 14.7. The first kappa shape index (κ1) is 57.6. The number of carbonyl (C=O) groups is 8. The molecule has 2 unspecified atom stereocenters. The summed E-state index contributed by atoms with van der Waals surface area (Å²) < 4.78 is 28.4. The minimum atomic E-state index is -1.19. The summed E-state index contributed by atoms with van der Waals surface area (Å²) in [7, 11) is 3.23. The van der Waals surface area contributed by atoms with Gasteiger partial charge in [-0.2, -0.15) is 0 Å². The molecule has 2 aliphatic heterocycles. The van der Waals surface area contributed by atoms with Gasteiger partial charge < -0.3 is 52.3 Å². The van der Waals surface area contributed by atoms with E-state index in [0.29, 0.717) is 44.1 Å². The summed E-state index contributed by atoms with van der Waals surface area (Å²) in [4.78, 5) is 115. The van der Waals surface area contributed by atoms with Gasteiger partial charge in [-0.25, -0.2) is 8.78 Å². The van der Waals surface area contributed by atoms with E-state index in [4.69, 9.17) is 0 Å². The Kier molecular flexibility index (Phi) is 18.3. The summed E-state index contributed by atoms with van der Waals surface area (Å²) in [5.74, 6) is -4.89. The molecule has 0 spiro atoms. The largest absolute Gasteiger partial charge is 0.347 e. The highest BCUT2D eigenvalue weighted by Crippen LogP contribution is 2.34. The number of nitrogens with zero attached hydrogens (tertiary/aromatic N) is 2. The second kappa shape index (κ2) is 24.5. The number of carbonyl (C=O) groups excluding carboxylic acids is 8. The molecule has 2 heterocycles. The zero-order valence-electron chi connectivity index (χ0n) is 45.2. The highest BCUT2D eigenvalue weighted by Gasteiger charge is 2.47. The van der Waals surface area contributed by atoms with Crippen molar-refractivity contribution >= 4 is 47.3 Å². The number of rotatable bonds is 17. The third kappa shape index (κ3) is 13.6. The average molecular weight is 1070 g/mol. The van der Waals surface area contributed by atoms with Gasteiger partial charge in [0, 0.05) is 36.3 Å². The lowest BCUT2D eigenvalue weighted by Gasteiger charge is -2.36. The van der Waals surface area contributed by atoms with Crippen molar-refractivity contribution in [2.45, 2.75) is 153 Å². The van der Waals surface area contributed by atoms with Crippen LogP contribution < -0.4 is 42.5 Å². The minimum Gasteiger partial charge on any atom is -0.347 e. The van der Waals surface area contributed by atoms with Crippen LogP contribution in [0.2, 0.25) is 0 Å². The molecule has 0 aromatic heterocycles. The number of aryl methyl sites for hydroxylation is 2. The first-order valence-corrected chi connectivity index (χ1v) is 26.6. The number of amides is 8. The third-order valence-electron chi connectivity index (χ3n) is 15.4. The molecule has 2 aliphatic carbocycles. The van der Waals surface area contributed by atoms with Gasteiger partial charge in [0.1, 0.15) is 35.8 Å². The smallest absolute Gasteiger partial charge is 0.251 e. The molecular weight excluding hydrogens is 991 g/mol. The van der Waals surface area contributed by atoms with E-state index in [1.165, 1.54) is 58.3 Å². The molecule has 414 valence electrons. The van der Waals surface area contributed by atoms with E-state index in [-0.39, 0.29) is 48.7 Å². The minimum absolute atomic E-state index is 0.00197. The SMILES string of the molecule is C=C(C)[C@H](NC(=O)[C@H](C)NC)C(=O)N1C[C@@H](NC(=O)c2cccc(C(=O)N[C@H]3C[C@@H](C(=O)NC4CCCc5cc(F)ccc54)N(C(=O)[C@@H](NC(=O)[C@H](C)NC)C(C)(C)C)C3)c2)C[C@H]1C(=O)NC1CCCc2cc(F)ccc21. The molecule has 7 rings (SSSR count). The lowest BCUT2D eigenvalue weighted by molar-refractivity contribution is -0.144. The van der Waals surface area contributed by atoms with Gasteiger partial charge in [-0.3, -0.25) is 38.4 Å². The molecule has 0 saturated carbocycles. The zero-order valence-corrected chi connectivity index (χ0v) is 45.2. The van der Waals surface area contributed by atoms with E-state index in [9.17, 15) is 47.1 Å². The van der Waals surface area contributed by atoms with E-state index in [1.807, 2.05) is 0 Å². The first-order valence-electron chi connectivity index (χ1n) is 26.6. The molecule has 0 radical (unpaired) electrons. The Morgan fingerprint density at radius 3 is 1.49 bits per heavy atom. The van der Waals surface area contributed by atoms with Crippen molar-refractivity contribution in [3.8, 4) is 0 Å². The van der Waals surface area contributed by atoms with Crippen LogP contribution in [-0.2, 0) is 41.6 Å². The fourth-order valence-corrected chi connectivity index (χ4v) is 10.8. The topological polar surface area (TPSA) is 239 Å². The quantitative estimate of drug-likeness (QED) is 0.0916. The summed E-state index contributed by atoms with van der Waals surface area (Å²) in [6.07, 6.45) is 3.91. The summed E-state index contributed by atoms with van der Waals surface area (Å²) >= 11 is 0. The number of benzene rings is 3. The van der Waals surface area contributed by atoms with Gasteiger partial charge in [0.2, 0.25) is 35.4 Å². The van der Waals surface area contributed by atoms with Crippen LogP contribution in [0.5, 0.6) is 0 Å². The lowest BCUT2D eigenvalue weighted by Crippen LogP contribution is -2.59. The molecule has 20 heteroatoms. The van der Waals surface area contributed by atoms with Crippen molar-refractivity contribution in [3.63, 3.8) is 0 Å². The van der Waals surface area contributed by atoms with E-state index in [2.05, 4.69) is 49.1 Å². The standard InChI is InChI=1S/C57H74F2N10O8/c1-30(2)47(66-49(70)31(3)60-8)55(76)68-28-39(26-45(68)53(74)64-43-17-11-13-33-24-37(58)19-21-41(33)43)62-51(72)35-15-10-16-36(23-35)52(73)63-40-27-46(54(75)65-44-18-12-14-34-25-38(59)20-22-42(34)44)69(29-40)56(77)48(57(5,6)7)67-50(71)32(4)61-9/h10,15-16,19-25,31-32,39-40,43-48,60-61H,1,11-14,17-18,26-29H2,2-9H3,(H,62,72)(H,63,73)(H,64,74)(H,65,75)(H,66,70)(H,67,71)/t31-,32-,39-,40-,43?,44?,45-,46-,47-,48+/m0/s1. The van der Waals surface area contributed by atoms with Crippen molar-refractivity contribution < 1.29 is 47.1 Å². The fraction of sp³-hybridized carbons (Fsp3) is 0.509. The van der Waals surface area contributed by atoms with Crippen molar-refractivity contribution in [2.75, 3.05) is 27.2 Å².